The topological polar surface area (TPSA) is 65.2 Å². The molecular formula is C10H11ClF2N2O2. The first-order valence-electron chi connectivity index (χ1n) is 4.81. The number of hydrogen-bond acceptors (Lipinski definition) is 4. The second-order valence-corrected chi connectivity index (χ2v) is 3.38. The molecule has 0 saturated heterocycles. The number of ether oxygens (including phenoxy) is 1. The van der Waals surface area contributed by atoms with Crippen LogP contribution in [0.2, 0.25) is 0 Å². The lowest BCUT2D eigenvalue weighted by atomic mass is 10.1. The molecule has 1 aromatic rings. The van der Waals surface area contributed by atoms with Gasteiger partial charge in [0.1, 0.15) is 0 Å². The molecule has 17 heavy (non-hydrogen) atoms. The van der Waals surface area contributed by atoms with Gasteiger partial charge in [-0.25, -0.2) is 18.6 Å². The van der Waals surface area contributed by atoms with Crippen molar-refractivity contribution in [3.63, 3.8) is 0 Å². The smallest absolute Gasteiger partial charge is 0.357 e. The Kier molecular flexibility index (Phi) is 4.62. The van der Waals surface area contributed by atoms with E-state index < -0.39 is 18.0 Å². The van der Waals surface area contributed by atoms with Crippen molar-refractivity contribution in [1.82, 2.24) is 4.98 Å². The fraction of sp³-hybridized carbons (Fsp3) is 0.400. The minimum Gasteiger partial charge on any atom is -0.461 e. The first kappa shape index (κ1) is 13.6. The number of nitrogens with two attached hydrogens (primary N) is 1. The summed E-state index contributed by atoms with van der Waals surface area (Å²) in [6.45, 7) is 1.77. The van der Waals surface area contributed by atoms with Gasteiger partial charge in [0.2, 0.25) is 0 Å². The molecule has 0 atom stereocenters. The van der Waals surface area contributed by atoms with Crippen LogP contribution < -0.4 is 5.73 Å². The van der Waals surface area contributed by atoms with Gasteiger partial charge in [-0.3, -0.25) is 0 Å². The third kappa shape index (κ3) is 2.82. The van der Waals surface area contributed by atoms with Gasteiger partial charge in [-0.05, 0) is 6.92 Å². The highest BCUT2D eigenvalue weighted by Gasteiger charge is 2.22. The number of carbonyl (C=O) groups excluding carboxylic acids is 1. The zero-order valence-electron chi connectivity index (χ0n) is 9.04. The molecule has 1 aromatic heterocycles. The van der Waals surface area contributed by atoms with Crippen LogP contribution in [0.4, 0.5) is 14.5 Å². The summed E-state index contributed by atoms with van der Waals surface area (Å²) in [5.74, 6) is -0.913. The van der Waals surface area contributed by atoms with Crippen molar-refractivity contribution in [2.45, 2.75) is 19.2 Å². The predicted octanol–water partition coefficient (Wildman–Crippen LogP) is 2.52. The van der Waals surface area contributed by atoms with E-state index in [9.17, 15) is 13.6 Å². The van der Waals surface area contributed by atoms with Gasteiger partial charge in [-0.15, -0.1) is 11.6 Å². The molecule has 2 N–H and O–H groups in total. The molecule has 0 fully saturated rings. The Balaban J connectivity index is 3.25. The molecule has 7 heteroatoms. The van der Waals surface area contributed by atoms with Crippen molar-refractivity contribution in [3.05, 3.63) is 23.0 Å². The molecule has 1 heterocycles. The van der Waals surface area contributed by atoms with Crippen LogP contribution in [0, 0.1) is 0 Å². The summed E-state index contributed by atoms with van der Waals surface area (Å²) in [5.41, 5.74) is 4.82. The number of anilines is 1. The van der Waals surface area contributed by atoms with Crippen LogP contribution in [0.3, 0.4) is 0 Å². The molecule has 0 spiro atoms. The Hall–Kier alpha value is -1.43. The monoisotopic (exact) mass is 264 g/mol. The zero-order valence-corrected chi connectivity index (χ0v) is 9.80. The molecular weight excluding hydrogens is 254 g/mol. The van der Waals surface area contributed by atoms with E-state index in [0.717, 1.165) is 6.20 Å². The third-order valence-electron chi connectivity index (χ3n) is 2.09. The van der Waals surface area contributed by atoms with E-state index >= 15 is 0 Å². The second-order valence-electron chi connectivity index (χ2n) is 3.11. The van der Waals surface area contributed by atoms with Gasteiger partial charge < -0.3 is 10.5 Å². The SMILES string of the molecule is CCOC(=O)c1ncc(C(F)F)c(N)c1CCl. The number of alkyl halides is 3. The highest BCUT2D eigenvalue weighted by atomic mass is 35.5. The van der Waals surface area contributed by atoms with Crippen LogP contribution in [0.15, 0.2) is 6.20 Å². The second kappa shape index (κ2) is 5.77. The van der Waals surface area contributed by atoms with Crippen LogP contribution in [-0.2, 0) is 10.6 Å². The van der Waals surface area contributed by atoms with Gasteiger partial charge >= 0.3 is 5.97 Å². The van der Waals surface area contributed by atoms with E-state index in [1.807, 2.05) is 0 Å². The largest absolute Gasteiger partial charge is 0.461 e. The number of nitrogens with zero attached hydrogens (tertiary/aromatic N) is 1. The van der Waals surface area contributed by atoms with E-state index in [1.165, 1.54) is 0 Å². The fourth-order valence-electron chi connectivity index (χ4n) is 1.27. The lowest BCUT2D eigenvalue weighted by molar-refractivity contribution is 0.0518. The summed E-state index contributed by atoms with van der Waals surface area (Å²) >= 11 is 5.59. The number of nitrogen functional groups attached to an aromatic ring is 1. The van der Waals surface area contributed by atoms with Crippen molar-refractivity contribution in [2.75, 3.05) is 12.3 Å². The minimum atomic E-state index is -2.76. The van der Waals surface area contributed by atoms with Crippen molar-refractivity contribution in [1.29, 1.82) is 0 Å². The molecule has 0 aromatic carbocycles. The summed E-state index contributed by atoms with van der Waals surface area (Å²) in [6, 6.07) is 0. The standard InChI is InChI=1S/C10H11ClF2N2O2/c1-2-17-10(16)8-5(3-11)7(14)6(4-15-8)9(12)13/h4,9H,2-3H2,1H3,(H2,14,15). The number of pyridine rings is 1. The molecule has 0 unspecified atom stereocenters. The average molecular weight is 265 g/mol. The number of hydrogen-bond donors (Lipinski definition) is 1. The van der Waals surface area contributed by atoms with Gasteiger partial charge in [0, 0.05) is 17.4 Å². The van der Waals surface area contributed by atoms with Crippen molar-refractivity contribution < 1.29 is 18.3 Å². The lowest BCUT2D eigenvalue weighted by Crippen LogP contribution is -2.13. The van der Waals surface area contributed by atoms with Gasteiger partial charge in [0.15, 0.2) is 5.69 Å². The number of aromatic nitrogens is 1. The van der Waals surface area contributed by atoms with Crippen LogP contribution >= 0.6 is 11.6 Å². The number of halogens is 3. The third-order valence-corrected chi connectivity index (χ3v) is 2.36. The Morgan fingerprint density at radius 2 is 2.29 bits per heavy atom. The van der Waals surface area contributed by atoms with Crippen molar-refractivity contribution in [2.24, 2.45) is 0 Å². The van der Waals surface area contributed by atoms with E-state index in [0.29, 0.717) is 0 Å². The quantitative estimate of drug-likeness (QED) is 0.670. The average Bonchev–Trinajstić information content (AvgIpc) is 2.28. The summed E-state index contributed by atoms with van der Waals surface area (Å²) in [5, 5.41) is 0. The predicted molar refractivity (Wildman–Crippen MR) is 59.1 cm³/mol. The lowest BCUT2D eigenvalue weighted by Gasteiger charge is -2.11. The first-order chi connectivity index (χ1) is 8.02. The molecule has 0 amide bonds. The summed E-state index contributed by atoms with van der Waals surface area (Å²) < 4.78 is 29.8. The van der Waals surface area contributed by atoms with Crippen LogP contribution in [0.1, 0.15) is 35.0 Å². The summed E-state index contributed by atoms with van der Waals surface area (Å²) in [4.78, 5) is 15.1. The molecule has 4 nitrogen and oxygen atoms in total. The Labute approximate surface area is 102 Å². The molecule has 94 valence electrons. The Morgan fingerprint density at radius 1 is 1.65 bits per heavy atom. The van der Waals surface area contributed by atoms with Gasteiger partial charge in [-0.2, -0.15) is 0 Å². The maximum absolute atomic E-state index is 12.5. The summed E-state index contributed by atoms with van der Waals surface area (Å²) in [7, 11) is 0. The maximum Gasteiger partial charge on any atom is 0.357 e. The zero-order chi connectivity index (χ0) is 13.0. The van der Waals surface area contributed by atoms with Gasteiger partial charge in [0.05, 0.1) is 18.1 Å². The van der Waals surface area contributed by atoms with Gasteiger partial charge in [0.25, 0.3) is 6.43 Å². The molecule has 0 aliphatic rings. The van der Waals surface area contributed by atoms with Crippen LogP contribution in [0.25, 0.3) is 0 Å². The molecule has 0 saturated carbocycles. The molecule has 0 bridgehead atoms. The Morgan fingerprint density at radius 3 is 2.76 bits per heavy atom. The Bertz CT molecular complexity index is 427. The molecule has 1 rings (SSSR count). The maximum atomic E-state index is 12.5. The van der Waals surface area contributed by atoms with Crippen LogP contribution in [0.5, 0.6) is 0 Å². The van der Waals surface area contributed by atoms with E-state index in [4.69, 9.17) is 22.1 Å². The van der Waals surface area contributed by atoms with E-state index in [2.05, 4.69) is 4.98 Å². The number of rotatable bonds is 4. The number of carbonyl (C=O) groups is 1. The molecule has 0 radical (unpaired) electrons. The summed E-state index contributed by atoms with van der Waals surface area (Å²) in [6.07, 6.45) is -1.90. The van der Waals surface area contributed by atoms with Gasteiger partial charge in [-0.1, -0.05) is 0 Å². The van der Waals surface area contributed by atoms with E-state index in [1.54, 1.807) is 6.92 Å². The normalized spacial score (nSPS) is 10.6. The highest BCUT2D eigenvalue weighted by Crippen LogP contribution is 2.29. The van der Waals surface area contributed by atoms with Crippen molar-refractivity contribution >= 4 is 23.3 Å². The van der Waals surface area contributed by atoms with E-state index in [-0.39, 0.29) is 29.4 Å². The fourth-order valence-corrected chi connectivity index (χ4v) is 1.54. The van der Waals surface area contributed by atoms with Crippen LogP contribution in [-0.4, -0.2) is 17.6 Å². The minimum absolute atomic E-state index is 0.0721. The molecule has 0 aliphatic heterocycles. The highest BCUT2D eigenvalue weighted by molar-refractivity contribution is 6.18. The molecule has 0 aliphatic carbocycles. The van der Waals surface area contributed by atoms with Crippen molar-refractivity contribution in [3.8, 4) is 0 Å². The number of esters is 1. The first-order valence-corrected chi connectivity index (χ1v) is 5.34.